The summed E-state index contributed by atoms with van der Waals surface area (Å²) in [5.41, 5.74) is 0.697. The fourth-order valence-corrected chi connectivity index (χ4v) is 2.11. The molecule has 8 nitrogen and oxygen atoms in total. The molecule has 1 aliphatic rings. The molecule has 1 heterocycles. The molecule has 1 N–H and O–H groups in total. The van der Waals surface area contributed by atoms with Crippen molar-refractivity contribution in [1.82, 2.24) is 10.0 Å². The van der Waals surface area contributed by atoms with Gasteiger partial charge in [0.15, 0.2) is 6.04 Å². The Morgan fingerprint density at radius 3 is 2.30 bits per heavy atom. The van der Waals surface area contributed by atoms with Crippen molar-refractivity contribution in [2.75, 3.05) is 0 Å². The number of benzene rings is 1. The van der Waals surface area contributed by atoms with Gasteiger partial charge in [-0.25, -0.2) is 9.59 Å². The molecule has 122 valence electrons. The zero-order valence-electron chi connectivity index (χ0n) is 12.5. The molecule has 0 bridgehead atoms. The third-order valence-electron chi connectivity index (χ3n) is 3.36. The van der Waals surface area contributed by atoms with E-state index in [1.54, 1.807) is 30.3 Å². The highest BCUT2D eigenvalue weighted by Gasteiger charge is 2.42. The van der Waals surface area contributed by atoms with Crippen molar-refractivity contribution in [3.05, 3.63) is 35.9 Å². The van der Waals surface area contributed by atoms with Gasteiger partial charge in [0.05, 0.1) is 0 Å². The lowest BCUT2D eigenvalue weighted by molar-refractivity contribution is -0.164. The molecule has 0 saturated carbocycles. The maximum atomic E-state index is 12.2. The Hall–Kier alpha value is -2.90. The topological polar surface area (TPSA) is 104 Å². The molecule has 1 aliphatic heterocycles. The second-order valence-electron chi connectivity index (χ2n) is 5.00. The number of carbonyl (C=O) groups is 4. The third kappa shape index (κ3) is 3.65. The Kier molecular flexibility index (Phi) is 4.95. The van der Waals surface area contributed by atoms with Gasteiger partial charge in [-0.1, -0.05) is 30.3 Å². The van der Waals surface area contributed by atoms with Crippen molar-refractivity contribution in [2.45, 2.75) is 32.4 Å². The van der Waals surface area contributed by atoms with E-state index in [0.29, 0.717) is 15.6 Å². The molecule has 1 saturated heterocycles. The average Bonchev–Trinajstić information content (AvgIpc) is 2.86. The molecule has 1 atom stereocenters. The van der Waals surface area contributed by atoms with E-state index in [1.807, 2.05) is 0 Å². The Morgan fingerprint density at radius 1 is 1.22 bits per heavy atom. The lowest BCUT2D eigenvalue weighted by Gasteiger charge is -2.31. The number of hydrogen-bond donors (Lipinski definition) is 1. The van der Waals surface area contributed by atoms with E-state index in [1.165, 1.54) is 6.92 Å². The normalized spacial score (nSPS) is 15.4. The smallest absolute Gasteiger partial charge is 0.430 e. The van der Waals surface area contributed by atoms with E-state index in [9.17, 15) is 19.2 Å². The average molecular weight is 320 g/mol. The molecule has 0 unspecified atom stereocenters. The minimum atomic E-state index is -1.41. The van der Waals surface area contributed by atoms with Crippen molar-refractivity contribution in [3.63, 3.8) is 0 Å². The van der Waals surface area contributed by atoms with E-state index >= 15 is 0 Å². The third-order valence-corrected chi connectivity index (χ3v) is 3.36. The number of carboxylic acids is 1. The predicted octanol–water partition coefficient (Wildman–Crippen LogP) is 1.16. The number of ether oxygens (including phenoxy) is 1. The van der Waals surface area contributed by atoms with Crippen LogP contribution in [0, 0.1) is 0 Å². The zero-order chi connectivity index (χ0) is 17.0. The van der Waals surface area contributed by atoms with Gasteiger partial charge in [-0.2, -0.15) is 10.0 Å². The quantitative estimate of drug-likeness (QED) is 0.816. The van der Waals surface area contributed by atoms with Crippen LogP contribution in [-0.4, -0.2) is 45.0 Å². The van der Waals surface area contributed by atoms with Crippen molar-refractivity contribution in [2.24, 2.45) is 0 Å². The van der Waals surface area contributed by atoms with Crippen LogP contribution in [0.15, 0.2) is 30.3 Å². The van der Waals surface area contributed by atoms with Gasteiger partial charge in [-0.05, 0) is 12.5 Å². The largest absolute Gasteiger partial charge is 0.480 e. The first-order chi connectivity index (χ1) is 10.9. The van der Waals surface area contributed by atoms with Gasteiger partial charge in [-0.3, -0.25) is 9.59 Å². The molecule has 8 heteroatoms. The van der Waals surface area contributed by atoms with Crippen LogP contribution in [0.25, 0.3) is 0 Å². The molecule has 2 rings (SSSR count). The molecule has 0 radical (unpaired) electrons. The fraction of sp³-hybridized carbons (Fsp3) is 0.333. The first kappa shape index (κ1) is 16.5. The van der Waals surface area contributed by atoms with Crippen molar-refractivity contribution < 1.29 is 29.0 Å². The van der Waals surface area contributed by atoms with Crippen molar-refractivity contribution in [3.8, 4) is 0 Å². The molecule has 0 aromatic heterocycles. The lowest BCUT2D eigenvalue weighted by Crippen LogP contribution is -2.56. The second-order valence-corrected chi connectivity index (χ2v) is 5.00. The first-order valence-electron chi connectivity index (χ1n) is 7.00. The number of carboxylic acid groups (broad SMARTS) is 1. The SMILES string of the molecule is C[C@H](C(=O)O)N(C(=O)OCc1ccccc1)N1C(=O)CCC1=O. The van der Waals surface area contributed by atoms with Crippen LogP contribution >= 0.6 is 0 Å². The van der Waals surface area contributed by atoms with Crippen LogP contribution in [0.2, 0.25) is 0 Å². The zero-order valence-corrected chi connectivity index (χ0v) is 12.5. The van der Waals surface area contributed by atoms with Crippen LogP contribution in [0.1, 0.15) is 25.3 Å². The summed E-state index contributed by atoms with van der Waals surface area (Å²) in [7, 11) is 0. The number of nitrogens with zero attached hydrogens (tertiary/aromatic N) is 2. The van der Waals surface area contributed by atoms with Crippen molar-refractivity contribution >= 4 is 23.9 Å². The number of rotatable bonds is 5. The molecule has 1 aromatic carbocycles. The lowest BCUT2D eigenvalue weighted by atomic mass is 10.2. The Bertz CT molecular complexity index is 614. The Labute approximate surface area is 132 Å². The minimum Gasteiger partial charge on any atom is -0.480 e. The molecule has 0 aliphatic carbocycles. The first-order valence-corrected chi connectivity index (χ1v) is 7.00. The molecule has 1 aromatic rings. The molecular formula is C15H16N2O6. The van der Waals surface area contributed by atoms with Gasteiger partial charge in [-0.15, -0.1) is 0 Å². The van der Waals surface area contributed by atoms with Gasteiger partial charge >= 0.3 is 12.1 Å². The summed E-state index contributed by atoms with van der Waals surface area (Å²) in [5, 5.41) is 10.2. The van der Waals surface area contributed by atoms with Crippen molar-refractivity contribution in [1.29, 1.82) is 0 Å². The highest BCUT2D eigenvalue weighted by Crippen LogP contribution is 2.19. The second kappa shape index (κ2) is 6.91. The molecule has 23 heavy (non-hydrogen) atoms. The van der Waals surface area contributed by atoms with Crippen LogP contribution in [0.3, 0.4) is 0 Å². The highest BCUT2D eigenvalue weighted by molar-refractivity contribution is 6.03. The molecule has 1 fully saturated rings. The maximum absolute atomic E-state index is 12.2. The Morgan fingerprint density at radius 2 is 1.78 bits per heavy atom. The summed E-state index contributed by atoms with van der Waals surface area (Å²) in [4.78, 5) is 47.0. The fourth-order valence-electron chi connectivity index (χ4n) is 2.11. The standard InChI is InChI=1S/C15H16N2O6/c1-10(14(20)21)16(17-12(18)7-8-13(17)19)15(22)23-9-11-5-3-2-4-6-11/h2-6,10H,7-9H2,1H3,(H,20,21)/t10-/m1/s1. The van der Waals surface area contributed by atoms with Gasteiger partial charge < -0.3 is 9.84 Å². The van der Waals surface area contributed by atoms with Gasteiger partial charge in [0.25, 0.3) is 0 Å². The van der Waals surface area contributed by atoms with E-state index in [2.05, 4.69) is 0 Å². The van der Waals surface area contributed by atoms with Gasteiger partial charge in [0, 0.05) is 12.8 Å². The predicted molar refractivity (Wildman–Crippen MR) is 76.7 cm³/mol. The summed E-state index contributed by atoms with van der Waals surface area (Å²) in [6.07, 6.45) is -1.19. The van der Waals surface area contributed by atoms with E-state index in [4.69, 9.17) is 9.84 Å². The van der Waals surface area contributed by atoms with Crippen LogP contribution in [0.4, 0.5) is 4.79 Å². The number of imide groups is 1. The Balaban J connectivity index is 2.16. The monoisotopic (exact) mass is 320 g/mol. The number of aliphatic carboxylic acids is 1. The summed E-state index contributed by atoms with van der Waals surface area (Å²) < 4.78 is 5.05. The van der Waals surface area contributed by atoms with Gasteiger partial charge in [0.1, 0.15) is 6.61 Å². The van der Waals surface area contributed by atoms with Crippen LogP contribution in [-0.2, 0) is 25.7 Å². The summed E-state index contributed by atoms with van der Waals surface area (Å²) in [6, 6.07) is 7.35. The molecule has 0 spiro atoms. The number of hydrazine groups is 1. The minimum absolute atomic E-state index is 0.0619. The highest BCUT2D eigenvalue weighted by atomic mass is 16.6. The van der Waals surface area contributed by atoms with E-state index in [-0.39, 0.29) is 19.4 Å². The summed E-state index contributed by atoms with van der Waals surface area (Å²) in [5.74, 6) is -2.60. The number of hydrogen-bond acceptors (Lipinski definition) is 5. The molecule has 3 amide bonds. The van der Waals surface area contributed by atoms with E-state index < -0.39 is 29.9 Å². The summed E-state index contributed by atoms with van der Waals surface area (Å²) >= 11 is 0. The maximum Gasteiger partial charge on any atom is 0.430 e. The van der Waals surface area contributed by atoms with E-state index in [0.717, 1.165) is 0 Å². The van der Waals surface area contributed by atoms with Crippen LogP contribution in [0.5, 0.6) is 0 Å². The van der Waals surface area contributed by atoms with Gasteiger partial charge in [0.2, 0.25) is 11.8 Å². The molecular weight excluding hydrogens is 304 g/mol. The summed E-state index contributed by atoms with van der Waals surface area (Å²) in [6.45, 7) is 1.10. The van der Waals surface area contributed by atoms with Crippen LogP contribution < -0.4 is 0 Å². The number of carbonyl (C=O) groups excluding carboxylic acids is 3. The number of amides is 3.